The molecule has 1 unspecified atom stereocenters. The molecule has 118 valence electrons. The Balaban J connectivity index is 1.69. The number of nitrogens with one attached hydrogen (secondary N) is 1. The van der Waals surface area contributed by atoms with Crippen molar-refractivity contribution in [2.24, 2.45) is 5.73 Å². The average molecular weight is 308 g/mol. The highest BCUT2D eigenvalue weighted by molar-refractivity contribution is 5.95. The van der Waals surface area contributed by atoms with Crippen molar-refractivity contribution in [2.45, 2.75) is 31.2 Å². The van der Waals surface area contributed by atoms with Crippen LogP contribution in [0.25, 0.3) is 0 Å². The van der Waals surface area contributed by atoms with Gasteiger partial charge in [0.15, 0.2) is 0 Å². The molecule has 0 heterocycles. The Morgan fingerprint density at radius 1 is 1.04 bits per heavy atom. The molecule has 0 radical (unpaired) electrons. The second-order valence-corrected chi connectivity index (χ2v) is 6.09. The molecule has 0 aromatic heterocycles. The maximum absolute atomic E-state index is 12.2. The number of benzene rings is 2. The van der Waals surface area contributed by atoms with Gasteiger partial charge >= 0.3 is 0 Å². The van der Waals surface area contributed by atoms with E-state index in [-0.39, 0.29) is 17.1 Å². The lowest BCUT2D eigenvalue weighted by atomic mass is 9.92. The molecule has 1 fully saturated rings. The van der Waals surface area contributed by atoms with Crippen LogP contribution in [0.15, 0.2) is 54.6 Å². The van der Waals surface area contributed by atoms with E-state index in [9.17, 15) is 9.59 Å². The Labute approximate surface area is 135 Å². The predicted octanol–water partition coefficient (Wildman–Crippen LogP) is 2.95. The van der Waals surface area contributed by atoms with E-state index in [0.29, 0.717) is 5.69 Å². The molecule has 2 aromatic carbocycles. The van der Waals surface area contributed by atoms with Crippen LogP contribution in [0.5, 0.6) is 0 Å². The number of Topliss-reactive ketones (excluding diaryl/α,β-unsaturated/α-hetero) is 1. The third kappa shape index (κ3) is 3.03. The molecule has 3 rings (SSSR count). The number of amides is 1. The standard InChI is InChI=1S/C19H20N2O2/c1-13(22)19(11-12-19)15-7-9-16(10-8-15)21-18(23)17(20)14-5-3-2-4-6-14/h2-10,17H,11-12,20H2,1H3,(H,21,23). The zero-order valence-electron chi connectivity index (χ0n) is 13.1. The van der Waals surface area contributed by atoms with Crippen LogP contribution in [0.4, 0.5) is 5.69 Å². The molecule has 3 N–H and O–H groups in total. The molecule has 0 saturated heterocycles. The van der Waals surface area contributed by atoms with E-state index in [4.69, 9.17) is 5.73 Å². The van der Waals surface area contributed by atoms with Gasteiger partial charge in [-0.25, -0.2) is 0 Å². The van der Waals surface area contributed by atoms with Crippen molar-refractivity contribution in [3.63, 3.8) is 0 Å². The monoisotopic (exact) mass is 308 g/mol. The highest BCUT2D eigenvalue weighted by atomic mass is 16.2. The van der Waals surface area contributed by atoms with Crippen molar-refractivity contribution < 1.29 is 9.59 Å². The molecule has 1 aliphatic rings. The van der Waals surface area contributed by atoms with Crippen LogP contribution in [0.2, 0.25) is 0 Å². The number of rotatable bonds is 5. The van der Waals surface area contributed by atoms with Gasteiger partial charge in [-0.1, -0.05) is 42.5 Å². The summed E-state index contributed by atoms with van der Waals surface area (Å²) < 4.78 is 0. The number of nitrogens with two attached hydrogens (primary N) is 1. The van der Waals surface area contributed by atoms with Crippen LogP contribution in [0.1, 0.15) is 36.9 Å². The number of ketones is 1. The molecule has 1 aliphatic carbocycles. The first-order valence-electron chi connectivity index (χ1n) is 7.76. The van der Waals surface area contributed by atoms with Crippen LogP contribution in [0.3, 0.4) is 0 Å². The molecule has 4 heteroatoms. The molecular formula is C19H20N2O2. The fraction of sp³-hybridized carbons (Fsp3) is 0.263. The van der Waals surface area contributed by atoms with Gasteiger partial charge in [0, 0.05) is 5.69 Å². The first-order valence-corrected chi connectivity index (χ1v) is 7.76. The van der Waals surface area contributed by atoms with Gasteiger partial charge in [-0.2, -0.15) is 0 Å². The molecule has 2 aromatic rings. The van der Waals surface area contributed by atoms with Crippen molar-refractivity contribution in [1.82, 2.24) is 0 Å². The largest absolute Gasteiger partial charge is 0.324 e. The lowest BCUT2D eigenvalue weighted by Crippen LogP contribution is -2.27. The van der Waals surface area contributed by atoms with E-state index in [1.54, 1.807) is 6.92 Å². The van der Waals surface area contributed by atoms with Crippen molar-refractivity contribution in [2.75, 3.05) is 5.32 Å². The molecule has 4 nitrogen and oxygen atoms in total. The Morgan fingerprint density at radius 3 is 2.17 bits per heavy atom. The predicted molar refractivity (Wildman–Crippen MR) is 90.0 cm³/mol. The summed E-state index contributed by atoms with van der Waals surface area (Å²) in [4.78, 5) is 24.0. The van der Waals surface area contributed by atoms with Gasteiger partial charge in [0.2, 0.25) is 5.91 Å². The molecule has 1 amide bonds. The van der Waals surface area contributed by atoms with Crippen LogP contribution in [-0.4, -0.2) is 11.7 Å². The van der Waals surface area contributed by atoms with Crippen molar-refractivity contribution in [3.05, 3.63) is 65.7 Å². The minimum Gasteiger partial charge on any atom is -0.324 e. The first-order chi connectivity index (χ1) is 11.0. The summed E-state index contributed by atoms with van der Waals surface area (Å²) in [5.41, 5.74) is 8.17. The van der Waals surface area contributed by atoms with E-state index >= 15 is 0 Å². The smallest absolute Gasteiger partial charge is 0.245 e. The summed E-state index contributed by atoms with van der Waals surface area (Å²) in [5, 5.41) is 2.82. The van der Waals surface area contributed by atoms with Gasteiger partial charge in [0.05, 0.1) is 5.41 Å². The Bertz CT molecular complexity index is 719. The Kier molecular flexibility index (Phi) is 4.01. The third-order valence-corrected chi connectivity index (χ3v) is 4.57. The lowest BCUT2D eigenvalue weighted by molar-refractivity contribution is -0.119. The maximum atomic E-state index is 12.2. The normalized spacial score (nSPS) is 16.4. The topological polar surface area (TPSA) is 72.2 Å². The molecule has 0 spiro atoms. The molecule has 1 atom stereocenters. The van der Waals surface area contributed by atoms with Gasteiger partial charge in [-0.3, -0.25) is 9.59 Å². The van der Waals surface area contributed by atoms with E-state index in [2.05, 4.69) is 5.32 Å². The van der Waals surface area contributed by atoms with Crippen LogP contribution in [0, 0.1) is 0 Å². The quantitative estimate of drug-likeness (QED) is 0.892. The number of hydrogen-bond donors (Lipinski definition) is 2. The highest BCUT2D eigenvalue weighted by Gasteiger charge is 2.48. The van der Waals surface area contributed by atoms with Gasteiger partial charge in [-0.05, 0) is 43.0 Å². The minimum atomic E-state index is -0.706. The fourth-order valence-corrected chi connectivity index (χ4v) is 2.87. The van der Waals surface area contributed by atoms with Crippen LogP contribution in [-0.2, 0) is 15.0 Å². The molecule has 1 saturated carbocycles. The van der Waals surface area contributed by atoms with Gasteiger partial charge in [-0.15, -0.1) is 0 Å². The fourth-order valence-electron chi connectivity index (χ4n) is 2.87. The van der Waals surface area contributed by atoms with Gasteiger partial charge in [0.25, 0.3) is 0 Å². The van der Waals surface area contributed by atoms with Crippen molar-refractivity contribution in [1.29, 1.82) is 0 Å². The zero-order chi connectivity index (χ0) is 16.4. The highest BCUT2D eigenvalue weighted by Crippen LogP contribution is 2.49. The van der Waals surface area contributed by atoms with Gasteiger partial charge in [0.1, 0.15) is 11.8 Å². The summed E-state index contributed by atoms with van der Waals surface area (Å²) in [6, 6.07) is 16.0. The number of anilines is 1. The summed E-state index contributed by atoms with van der Waals surface area (Å²) in [6.45, 7) is 1.64. The van der Waals surface area contributed by atoms with Crippen molar-refractivity contribution in [3.8, 4) is 0 Å². The molecule has 0 bridgehead atoms. The lowest BCUT2D eigenvalue weighted by Gasteiger charge is -2.15. The molecule has 23 heavy (non-hydrogen) atoms. The van der Waals surface area contributed by atoms with E-state index in [0.717, 1.165) is 24.0 Å². The van der Waals surface area contributed by atoms with Crippen LogP contribution >= 0.6 is 0 Å². The SMILES string of the molecule is CC(=O)C1(c2ccc(NC(=O)C(N)c3ccccc3)cc2)CC1. The number of carbonyl (C=O) groups is 2. The second kappa shape index (κ2) is 5.97. The molecular weight excluding hydrogens is 288 g/mol. The second-order valence-electron chi connectivity index (χ2n) is 6.09. The summed E-state index contributed by atoms with van der Waals surface area (Å²) >= 11 is 0. The summed E-state index contributed by atoms with van der Waals surface area (Å²) in [7, 11) is 0. The average Bonchev–Trinajstić information content (AvgIpc) is 3.37. The summed E-state index contributed by atoms with van der Waals surface area (Å²) in [6.07, 6.45) is 1.82. The summed E-state index contributed by atoms with van der Waals surface area (Å²) in [5.74, 6) is -0.0444. The minimum absolute atomic E-state index is 0.209. The third-order valence-electron chi connectivity index (χ3n) is 4.57. The first kappa shape index (κ1) is 15.4. The number of carbonyl (C=O) groups excluding carboxylic acids is 2. The van der Waals surface area contributed by atoms with Crippen LogP contribution < -0.4 is 11.1 Å². The van der Waals surface area contributed by atoms with Crippen molar-refractivity contribution >= 4 is 17.4 Å². The zero-order valence-corrected chi connectivity index (χ0v) is 13.1. The Morgan fingerprint density at radius 2 is 1.65 bits per heavy atom. The van der Waals surface area contributed by atoms with E-state index in [1.165, 1.54) is 0 Å². The van der Waals surface area contributed by atoms with Gasteiger partial charge < -0.3 is 11.1 Å². The van der Waals surface area contributed by atoms with E-state index < -0.39 is 6.04 Å². The van der Waals surface area contributed by atoms with E-state index in [1.807, 2.05) is 54.6 Å². The number of hydrogen-bond acceptors (Lipinski definition) is 3. The Hall–Kier alpha value is -2.46. The molecule has 0 aliphatic heterocycles. The maximum Gasteiger partial charge on any atom is 0.245 e.